The Morgan fingerprint density at radius 3 is 2.69 bits per heavy atom. The summed E-state index contributed by atoms with van der Waals surface area (Å²) in [6, 6.07) is 10.7. The molecule has 0 radical (unpaired) electrons. The molecule has 150 valence electrons. The van der Waals surface area contributed by atoms with Gasteiger partial charge >= 0.3 is 0 Å². The summed E-state index contributed by atoms with van der Waals surface area (Å²) in [5, 5.41) is 9.37. The number of carbonyl (C=O) groups excluding carboxylic acids is 1. The van der Waals surface area contributed by atoms with Gasteiger partial charge in [-0.05, 0) is 48.6 Å². The molecular weight excluding hydrogens is 388 g/mol. The van der Waals surface area contributed by atoms with Crippen molar-refractivity contribution >= 4 is 33.0 Å². The van der Waals surface area contributed by atoms with Crippen molar-refractivity contribution in [3.8, 4) is 5.75 Å². The molecule has 0 fully saturated rings. The number of benzene rings is 1. The van der Waals surface area contributed by atoms with Crippen LogP contribution in [0.4, 0.5) is 0 Å². The number of rotatable bonds is 6. The van der Waals surface area contributed by atoms with E-state index in [1.54, 1.807) is 18.4 Å². The van der Waals surface area contributed by atoms with Crippen LogP contribution in [0.15, 0.2) is 46.6 Å². The molecule has 0 saturated heterocycles. The highest BCUT2D eigenvalue weighted by Gasteiger charge is 2.23. The van der Waals surface area contributed by atoms with Gasteiger partial charge in [-0.2, -0.15) is 5.10 Å². The smallest absolute Gasteiger partial charge is 0.291 e. The van der Waals surface area contributed by atoms with Gasteiger partial charge in [0.1, 0.15) is 23.1 Å². The molecule has 1 amide bonds. The van der Waals surface area contributed by atoms with Crippen molar-refractivity contribution in [3.05, 3.63) is 63.5 Å². The normalized spacial score (nSPS) is 12.4. The van der Waals surface area contributed by atoms with Gasteiger partial charge in [-0.1, -0.05) is 19.1 Å². The fraction of sp³-hybridized carbons (Fsp3) is 0.286. The number of ether oxygens (including phenoxy) is 1. The summed E-state index contributed by atoms with van der Waals surface area (Å²) in [5.41, 5.74) is 2.20. The van der Waals surface area contributed by atoms with Gasteiger partial charge in [0, 0.05) is 6.54 Å². The predicted molar refractivity (Wildman–Crippen MR) is 114 cm³/mol. The molecule has 3 aromatic heterocycles. The first-order valence-corrected chi connectivity index (χ1v) is 10.3. The third kappa shape index (κ3) is 3.40. The van der Waals surface area contributed by atoms with Crippen LogP contribution in [0.1, 0.15) is 30.8 Å². The van der Waals surface area contributed by atoms with Crippen molar-refractivity contribution in [1.82, 2.24) is 19.5 Å². The van der Waals surface area contributed by atoms with Gasteiger partial charge in [0.2, 0.25) is 5.91 Å². The highest BCUT2D eigenvalue weighted by molar-refractivity contribution is 7.17. The average molecular weight is 410 g/mol. The summed E-state index contributed by atoms with van der Waals surface area (Å²) in [6.45, 7) is 4.10. The Labute approximate surface area is 171 Å². The number of hydrogen-bond donors (Lipinski definition) is 1. The van der Waals surface area contributed by atoms with E-state index in [9.17, 15) is 9.59 Å². The lowest BCUT2D eigenvalue weighted by atomic mass is 10.2. The molecule has 4 aromatic rings. The lowest BCUT2D eigenvalue weighted by Crippen LogP contribution is -2.39. The molecule has 0 aliphatic heterocycles. The molecule has 1 atom stereocenters. The van der Waals surface area contributed by atoms with Crippen molar-refractivity contribution in [3.63, 3.8) is 0 Å². The summed E-state index contributed by atoms with van der Waals surface area (Å²) in [4.78, 5) is 25.9. The van der Waals surface area contributed by atoms with Crippen molar-refractivity contribution < 1.29 is 9.53 Å². The maximum absolute atomic E-state index is 13.1. The topological polar surface area (TPSA) is 77.6 Å². The highest BCUT2D eigenvalue weighted by atomic mass is 32.1. The maximum Gasteiger partial charge on any atom is 0.291 e. The van der Waals surface area contributed by atoms with Crippen molar-refractivity contribution in [2.24, 2.45) is 0 Å². The van der Waals surface area contributed by atoms with E-state index >= 15 is 0 Å². The fourth-order valence-electron chi connectivity index (χ4n) is 3.53. The van der Waals surface area contributed by atoms with Crippen LogP contribution in [-0.4, -0.2) is 27.2 Å². The lowest BCUT2D eigenvalue weighted by Gasteiger charge is -2.18. The molecular formula is C21H22N4O3S. The van der Waals surface area contributed by atoms with Crippen molar-refractivity contribution in [1.29, 1.82) is 0 Å². The van der Waals surface area contributed by atoms with Gasteiger partial charge in [0.25, 0.3) is 5.56 Å². The van der Waals surface area contributed by atoms with Crippen LogP contribution in [0, 0.1) is 6.92 Å². The molecule has 7 nitrogen and oxygen atoms in total. The minimum atomic E-state index is -0.669. The summed E-state index contributed by atoms with van der Waals surface area (Å²) in [6.07, 6.45) is 0.464. The fourth-order valence-corrected chi connectivity index (χ4v) is 4.33. The number of nitrogens with zero attached hydrogens (tertiary/aromatic N) is 3. The number of aryl methyl sites for hydroxylation is 1. The predicted octanol–water partition coefficient (Wildman–Crippen LogP) is 3.30. The van der Waals surface area contributed by atoms with Crippen LogP contribution in [0.3, 0.4) is 0 Å². The van der Waals surface area contributed by atoms with Gasteiger partial charge in [0.15, 0.2) is 0 Å². The summed E-state index contributed by atoms with van der Waals surface area (Å²) in [5.74, 6) is 1.21. The van der Waals surface area contributed by atoms with Crippen molar-refractivity contribution in [2.45, 2.75) is 32.9 Å². The van der Waals surface area contributed by atoms with Gasteiger partial charge in [-0.3, -0.25) is 14.0 Å². The van der Waals surface area contributed by atoms with Gasteiger partial charge in [-0.15, -0.1) is 11.3 Å². The molecule has 29 heavy (non-hydrogen) atoms. The number of amides is 1. The van der Waals surface area contributed by atoms with Crippen molar-refractivity contribution in [2.75, 3.05) is 7.11 Å². The zero-order valence-electron chi connectivity index (χ0n) is 16.5. The number of thiophene rings is 1. The van der Waals surface area contributed by atoms with E-state index < -0.39 is 6.04 Å². The molecule has 0 aliphatic carbocycles. The van der Waals surface area contributed by atoms with Crippen LogP contribution in [0.25, 0.3) is 15.7 Å². The molecule has 0 spiro atoms. The first-order chi connectivity index (χ1) is 14.0. The van der Waals surface area contributed by atoms with E-state index in [0.29, 0.717) is 24.3 Å². The first kappa shape index (κ1) is 19.2. The number of methoxy groups -OCH3 is 1. The van der Waals surface area contributed by atoms with Crippen LogP contribution in [0.2, 0.25) is 0 Å². The van der Waals surface area contributed by atoms with E-state index in [1.807, 2.05) is 60.0 Å². The quantitative estimate of drug-likeness (QED) is 0.529. The van der Waals surface area contributed by atoms with Crippen LogP contribution < -0.4 is 15.6 Å². The van der Waals surface area contributed by atoms with Gasteiger partial charge in [0.05, 0.1) is 17.3 Å². The minimum absolute atomic E-state index is 0.227. The molecule has 0 unspecified atom stereocenters. The van der Waals surface area contributed by atoms with E-state index in [4.69, 9.17) is 4.74 Å². The number of aromatic nitrogens is 3. The third-order valence-electron chi connectivity index (χ3n) is 5.04. The second-order valence-corrected chi connectivity index (χ2v) is 7.77. The second kappa shape index (κ2) is 7.71. The van der Waals surface area contributed by atoms with Gasteiger partial charge in [-0.25, -0.2) is 4.68 Å². The summed E-state index contributed by atoms with van der Waals surface area (Å²) < 4.78 is 9.35. The molecule has 1 N–H and O–H groups in total. The molecule has 0 bridgehead atoms. The Kier molecular flexibility index (Phi) is 5.10. The third-order valence-corrected chi connectivity index (χ3v) is 5.89. The average Bonchev–Trinajstić information content (AvgIpc) is 3.32. The zero-order valence-corrected chi connectivity index (χ0v) is 17.3. The lowest BCUT2D eigenvalue weighted by molar-refractivity contribution is -0.125. The molecule has 8 heteroatoms. The van der Waals surface area contributed by atoms with E-state index in [2.05, 4.69) is 10.4 Å². The summed E-state index contributed by atoms with van der Waals surface area (Å²) in [7, 11) is 1.61. The standard InChI is InChI=1S/C21H22N4O3S/c1-4-16(20(26)22-12-14-5-7-15(28-3)8-6-14)25-21(27)18-11-19-17(9-10-29-19)24(18)13(2)23-25/h5-11,16H,4,12H2,1-3H3,(H,22,26)/t16-/m0/s1. The minimum Gasteiger partial charge on any atom is -0.497 e. The highest BCUT2D eigenvalue weighted by Crippen LogP contribution is 2.25. The molecule has 0 saturated carbocycles. The van der Waals surface area contributed by atoms with Crippen LogP contribution >= 0.6 is 11.3 Å². The summed E-state index contributed by atoms with van der Waals surface area (Å²) >= 11 is 1.58. The number of carbonyl (C=O) groups is 1. The molecule has 4 rings (SSSR count). The Balaban J connectivity index is 1.62. The van der Waals surface area contributed by atoms with E-state index in [-0.39, 0.29) is 11.5 Å². The Morgan fingerprint density at radius 1 is 1.24 bits per heavy atom. The van der Waals surface area contributed by atoms with Crippen LogP contribution in [0.5, 0.6) is 5.75 Å². The maximum atomic E-state index is 13.1. The number of nitrogens with one attached hydrogen (secondary N) is 1. The Hall–Kier alpha value is -3.13. The number of fused-ring (bicyclic) bond motifs is 3. The molecule has 1 aromatic carbocycles. The largest absolute Gasteiger partial charge is 0.497 e. The van der Waals surface area contributed by atoms with E-state index in [1.165, 1.54) is 4.68 Å². The first-order valence-electron chi connectivity index (χ1n) is 9.42. The SMILES string of the molecule is CC[C@@H](C(=O)NCc1ccc(OC)cc1)n1nc(C)n2c(cc3sccc32)c1=O. The van der Waals surface area contributed by atoms with Gasteiger partial charge < -0.3 is 10.1 Å². The van der Waals surface area contributed by atoms with Crippen LogP contribution in [-0.2, 0) is 11.3 Å². The second-order valence-electron chi connectivity index (χ2n) is 6.82. The number of hydrogen-bond acceptors (Lipinski definition) is 5. The molecule has 0 aliphatic rings. The zero-order chi connectivity index (χ0) is 20.5. The molecule has 3 heterocycles. The Bertz CT molecular complexity index is 1240. The monoisotopic (exact) mass is 410 g/mol. The Morgan fingerprint density at radius 2 is 2.00 bits per heavy atom. The van der Waals surface area contributed by atoms with E-state index in [0.717, 1.165) is 21.5 Å².